The van der Waals surface area contributed by atoms with E-state index in [4.69, 9.17) is 0 Å². The zero-order chi connectivity index (χ0) is 19.7. The molecule has 0 N–H and O–H groups in total. The van der Waals surface area contributed by atoms with Gasteiger partial charge in [0.15, 0.2) is 0 Å². The Labute approximate surface area is 168 Å². The van der Waals surface area contributed by atoms with Gasteiger partial charge in [0.2, 0.25) is 11.8 Å². The lowest BCUT2D eigenvalue weighted by Crippen LogP contribution is -2.34. The molecule has 2 aromatic carbocycles. The number of para-hydroxylation sites is 2. The quantitative estimate of drug-likeness (QED) is 0.661. The fourth-order valence-corrected chi connectivity index (χ4v) is 4.78. The molecule has 1 aliphatic rings. The first kappa shape index (κ1) is 18.6. The Balaban J connectivity index is 1.46. The van der Waals surface area contributed by atoms with Crippen LogP contribution in [0.15, 0.2) is 48.5 Å². The summed E-state index contributed by atoms with van der Waals surface area (Å²) in [6.45, 7) is 2.99. The summed E-state index contributed by atoms with van der Waals surface area (Å²) in [5.74, 6) is -0.284. The van der Waals surface area contributed by atoms with Crippen LogP contribution in [0.25, 0.3) is 10.2 Å². The molecule has 1 saturated heterocycles. The van der Waals surface area contributed by atoms with Gasteiger partial charge in [-0.25, -0.2) is 4.98 Å². The molecule has 2 heterocycles. The molecule has 1 aliphatic heterocycles. The standard InChI is InChI=1S/C22H23N3O2S/c1-3-15-8-4-6-10-18(15)25-13-16(12-21(25)26)22(27)24(2)14-20-23-17-9-5-7-11-19(17)28-20/h4-11,16H,3,12-14H2,1-2H3. The van der Waals surface area contributed by atoms with E-state index >= 15 is 0 Å². The maximum absolute atomic E-state index is 13.0. The van der Waals surface area contributed by atoms with Crippen molar-refractivity contribution in [3.63, 3.8) is 0 Å². The lowest BCUT2D eigenvalue weighted by Gasteiger charge is -2.22. The number of amides is 2. The van der Waals surface area contributed by atoms with Gasteiger partial charge >= 0.3 is 0 Å². The van der Waals surface area contributed by atoms with Crippen LogP contribution in [0.2, 0.25) is 0 Å². The van der Waals surface area contributed by atoms with Crippen LogP contribution in [0, 0.1) is 5.92 Å². The molecule has 28 heavy (non-hydrogen) atoms. The number of carbonyl (C=O) groups is 2. The lowest BCUT2D eigenvalue weighted by molar-refractivity contribution is -0.135. The number of carbonyl (C=O) groups excluding carboxylic acids is 2. The molecule has 6 heteroatoms. The molecule has 1 aromatic heterocycles. The Kier molecular flexibility index (Phi) is 5.13. The van der Waals surface area contributed by atoms with Gasteiger partial charge in [-0.1, -0.05) is 37.3 Å². The highest BCUT2D eigenvalue weighted by Gasteiger charge is 2.37. The van der Waals surface area contributed by atoms with E-state index in [1.54, 1.807) is 28.2 Å². The molecule has 0 aliphatic carbocycles. The third-order valence-corrected chi connectivity index (χ3v) is 6.25. The van der Waals surface area contributed by atoms with Gasteiger partial charge in [0, 0.05) is 25.7 Å². The Bertz CT molecular complexity index is 996. The highest BCUT2D eigenvalue weighted by Crippen LogP contribution is 2.30. The molecule has 2 amide bonds. The Morgan fingerprint density at radius 3 is 2.75 bits per heavy atom. The number of benzene rings is 2. The van der Waals surface area contributed by atoms with Gasteiger partial charge in [0.1, 0.15) is 5.01 Å². The number of nitrogens with zero attached hydrogens (tertiary/aromatic N) is 3. The second kappa shape index (κ2) is 7.72. The van der Waals surface area contributed by atoms with Crippen LogP contribution in [0.3, 0.4) is 0 Å². The predicted octanol–water partition coefficient (Wildman–Crippen LogP) is 3.87. The van der Waals surface area contributed by atoms with Crippen molar-refractivity contribution in [2.24, 2.45) is 5.92 Å². The number of thiazole rings is 1. The topological polar surface area (TPSA) is 53.5 Å². The lowest BCUT2D eigenvalue weighted by atomic mass is 10.1. The molecular formula is C22H23N3O2S. The minimum Gasteiger partial charge on any atom is -0.339 e. The van der Waals surface area contributed by atoms with Crippen molar-refractivity contribution in [3.05, 3.63) is 59.1 Å². The van der Waals surface area contributed by atoms with Gasteiger partial charge < -0.3 is 9.80 Å². The van der Waals surface area contributed by atoms with Crippen molar-refractivity contribution in [2.45, 2.75) is 26.3 Å². The first-order chi connectivity index (χ1) is 13.6. The zero-order valence-electron chi connectivity index (χ0n) is 16.1. The van der Waals surface area contributed by atoms with E-state index < -0.39 is 0 Å². The summed E-state index contributed by atoms with van der Waals surface area (Å²) in [5, 5.41) is 0.912. The normalized spacial score (nSPS) is 16.7. The first-order valence-electron chi connectivity index (χ1n) is 9.54. The highest BCUT2D eigenvalue weighted by molar-refractivity contribution is 7.18. The minimum absolute atomic E-state index is 0.00378. The Morgan fingerprint density at radius 1 is 1.21 bits per heavy atom. The van der Waals surface area contributed by atoms with Crippen LogP contribution >= 0.6 is 11.3 Å². The van der Waals surface area contributed by atoms with Crippen molar-refractivity contribution in [1.29, 1.82) is 0 Å². The van der Waals surface area contributed by atoms with Gasteiger partial charge in [-0.3, -0.25) is 9.59 Å². The van der Waals surface area contributed by atoms with Crippen LogP contribution < -0.4 is 4.90 Å². The highest BCUT2D eigenvalue weighted by atomic mass is 32.1. The summed E-state index contributed by atoms with van der Waals surface area (Å²) < 4.78 is 1.12. The number of hydrogen-bond donors (Lipinski definition) is 0. The van der Waals surface area contributed by atoms with Crippen LogP contribution in [0.4, 0.5) is 5.69 Å². The van der Waals surface area contributed by atoms with E-state index in [0.717, 1.165) is 32.9 Å². The van der Waals surface area contributed by atoms with E-state index in [2.05, 4.69) is 11.9 Å². The van der Waals surface area contributed by atoms with Crippen LogP contribution in [-0.2, 0) is 22.6 Å². The third-order valence-electron chi connectivity index (χ3n) is 5.22. The molecule has 144 valence electrons. The molecule has 4 rings (SSSR count). The smallest absolute Gasteiger partial charge is 0.228 e. The van der Waals surface area contributed by atoms with Crippen molar-refractivity contribution < 1.29 is 9.59 Å². The average Bonchev–Trinajstić information content (AvgIpc) is 3.29. The molecule has 3 aromatic rings. The van der Waals surface area contributed by atoms with E-state index in [0.29, 0.717) is 13.1 Å². The van der Waals surface area contributed by atoms with Gasteiger partial charge in [0.05, 0.1) is 22.7 Å². The predicted molar refractivity (Wildman–Crippen MR) is 112 cm³/mol. The molecule has 1 fully saturated rings. The first-order valence-corrected chi connectivity index (χ1v) is 10.4. The van der Waals surface area contributed by atoms with Crippen molar-refractivity contribution in [3.8, 4) is 0 Å². The minimum atomic E-state index is -0.309. The molecule has 0 radical (unpaired) electrons. The van der Waals surface area contributed by atoms with E-state index in [9.17, 15) is 9.59 Å². The third kappa shape index (κ3) is 3.52. The number of anilines is 1. The second-order valence-corrected chi connectivity index (χ2v) is 8.27. The largest absolute Gasteiger partial charge is 0.339 e. The Morgan fingerprint density at radius 2 is 1.96 bits per heavy atom. The number of hydrogen-bond acceptors (Lipinski definition) is 4. The van der Waals surface area contributed by atoms with E-state index in [-0.39, 0.29) is 24.2 Å². The van der Waals surface area contributed by atoms with Crippen LogP contribution in [0.5, 0.6) is 0 Å². The van der Waals surface area contributed by atoms with Gasteiger partial charge in [-0.15, -0.1) is 11.3 Å². The summed E-state index contributed by atoms with van der Waals surface area (Å²) in [4.78, 5) is 33.6. The van der Waals surface area contributed by atoms with E-state index in [1.807, 2.05) is 48.5 Å². The average molecular weight is 394 g/mol. The molecule has 0 bridgehead atoms. The van der Waals surface area contributed by atoms with E-state index in [1.165, 1.54) is 0 Å². The number of rotatable bonds is 5. The maximum Gasteiger partial charge on any atom is 0.228 e. The number of aromatic nitrogens is 1. The van der Waals surface area contributed by atoms with Gasteiger partial charge in [-0.05, 0) is 30.2 Å². The second-order valence-electron chi connectivity index (χ2n) is 7.16. The van der Waals surface area contributed by atoms with Crippen molar-refractivity contribution in [1.82, 2.24) is 9.88 Å². The van der Waals surface area contributed by atoms with Crippen molar-refractivity contribution in [2.75, 3.05) is 18.5 Å². The zero-order valence-corrected chi connectivity index (χ0v) is 16.9. The van der Waals surface area contributed by atoms with Crippen LogP contribution in [0.1, 0.15) is 23.9 Å². The SMILES string of the molecule is CCc1ccccc1N1CC(C(=O)N(C)Cc2nc3ccccc3s2)CC1=O. The van der Waals surface area contributed by atoms with Crippen LogP contribution in [-0.4, -0.2) is 35.3 Å². The van der Waals surface area contributed by atoms with Crippen molar-refractivity contribution >= 4 is 39.1 Å². The molecular weight excluding hydrogens is 370 g/mol. The summed E-state index contributed by atoms with van der Waals surface area (Å²) in [6, 6.07) is 15.9. The molecule has 0 spiro atoms. The molecule has 5 nitrogen and oxygen atoms in total. The fraction of sp³-hybridized carbons (Fsp3) is 0.318. The summed E-state index contributed by atoms with van der Waals surface area (Å²) >= 11 is 1.61. The monoisotopic (exact) mass is 393 g/mol. The summed E-state index contributed by atoms with van der Waals surface area (Å²) in [5.41, 5.74) is 3.02. The number of aryl methyl sites for hydroxylation is 1. The Hall–Kier alpha value is -2.73. The maximum atomic E-state index is 13.0. The van der Waals surface area contributed by atoms with Gasteiger partial charge in [-0.2, -0.15) is 0 Å². The molecule has 0 saturated carbocycles. The molecule has 1 unspecified atom stereocenters. The fourth-order valence-electron chi connectivity index (χ4n) is 3.76. The number of fused-ring (bicyclic) bond motifs is 1. The molecule has 1 atom stereocenters. The summed E-state index contributed by atoms with van der Waals surface area (Å²) in [6.07, 6.45) is 1.12. The van der Waals surface area contributed by atoms with Gasteiger partial charge in [0.25, 0.3) is 0 Å². The summed E-state index contributed by atoms with van der Waals surface area (Å²) in [7, 11) is 1.79.